The molecule has 0 aliphatic heterocycles. The number of amides is 1. The molecule has 28 heavy (non-hydrogen) atoms. The Morgan fingerprint density at radius 1 is 1.18 bits per heavy atom. The summed E-state index contributed by atoms with van der Waals surface area (Å²) < 4.78 is 7.19. The predicted molar refractivity (Wildman–Crippen MR) is 110 cm³/mol. The van der Waals surface area contributed by atoms with E-state index in [1.807, 2.05) is 54.8 Å². The Bertz CT molecular complexity index is 912. The molecule has 0 aliphatic carbocycles. The van der Waals surface area contributed by atoms with Gasteiger partial charge in [0.25, 0.3) is 0 Å². The first-order valence-electron chi connectivity index (χ1n) is 9.04. The lowest BCUT2D eigenvalue weighted by Crippen LogP contribution is -2.33. The molecule has 2 aromatic heterocycles. The van der Waals surface area contributed by atoms with Gasteiger partial charge in [0.2, 0.25) is 5.91 Å². The molecule has 3 rings (SSSR count). The van der Waals surface area contributed by atoms with Crippen molar-refractivity contribution in [2.45, 2.75) is 31.5 Å². The lowest BCUT2D eigenvalue weighted by Gasteiger charge is -2.12. The zero-order valence-electron chi connectivity index (χ0n) is 16.1. The Hall–Kier alpha value is -2.87. The fraction of sp³-hybridized carbons (Fsp3) is 0.300. The fourth-order valence-electron chi connectivity index (χ4n) is 2.56. The fourth-order valence-corrected chi connectivity index (χ4v) is 3.33. The summed E-state index contributed by atoms with van der Waals surface area (Å²) in [6, 6.07) is 11.6. The van der Waals surface area contributed by atoms with E-state index in [4.69, 9.17) is 4.74 Å². The van der Waals surface area contributed by atoms with Crippen LogP contribution in [0.1, 0.15) is 20.3 Å². The molecule has 1 atom stereocenters. The van der Waals surface area contributed by atoms with Gasteiger partial charge in [-0.1, -0.05) is 18.7 Å². The second-order valence-corrected chi connectivity index (χ2v) is 7.18. The number of hydrogen-bond donors (Lipinski definition) is 1. The molecular formula is C20H23N5O2S. The van der Waals surface area contributed by atoms with Crippen LogP contribution >= 0.6 is 11.8 Å². The van der Waals surface area contributed by atoms with E-state index in [1.165, 1.54) is 11.8 Å². The molecule has 1 aromatic carbocycles. The molecule has 0 saturated carbocycles. The molecule has 3 aromatic rings. The minimum atomic E-state index is -0.0194. The molecule has 1 amide bonds. The number of nitrogens with zero attached hydrogens (tertiary/aromatic N) is 4. The molecule has 8 heteroatoms. The Morgan fingerprint density at radius 2 is 1.89 bits per heavy atom. The van der Waals surface area contributed by atoms with Crippen molar-refractivity contribution in [1.82, 2.24) is 25.1 Å². The highest BCUT2D eigenvalue weighted by atomic mass is 32.2. The maximum Gasteiger partial charge on any atom is 0.230 e. The molecule has 0 fully saturated rings. The SMILES string of the molecule is CC[C@H](C)NC(=O)CSc1nnc(-c2ccncc2)n1-c1ccc(OC)cc1. The van der Waals surface area contributed by atoms with Crippen molar-refractivity contribution in [3.63, 3.8) is 0 Å². The number of carbonyl (C=O) groups excluding carboxylic acids is 1. The van der Waals surface area contributed by atoms with Crippen molar-refractivity contribution in [2.75, 3.05) is 12.9 Å². The molecule has 0 saturated heterocycles. The van der Waals surface area contributed by atoms with E-state index in [9.17, 15) is 4.79 Å². The van der Waals surface area contributed by atoms with E-state index in [2.05, 4.69) is 20.5 Å². The van der Waals surface area contributed by atoms with Crippen molar-refractivity contribution in [3.8, 4) is 22.8 Å². The van der Waals surface area contributed by atoms with E-state index >= 15 is 0 Å². The van der Waals surface area contributed by atoms with Gasteiger partial charge in [0, 0.05) is 29.7 Å². The van der Waals surface area contributed by atoms with Crippen molar-refractivity contribution in [2.24, 2.45) is 0 Å². The van der Waals surface area contributed by atoms with Crippen molar-refractivity contribution in [1.29, 1.82) is 0 Å². The van der Waals surface area contributed by atoms with Crippen LogP contribution in [0.25, 0.3) is 17.1 Å². The normalized spacial score (nSPS) is 11.8. The summed E-state index contributed by atoms with van der Waals surface area (Å²) in [5.41, 5.74) is 1.79. The summed E-state index contributed by atoms with van der Waals surface area (Å²) in [7, 11) is 1.63. The highest BCUT2D eigenvalue weighted by Crippen LogP contribution is 2.28. The summed E-state index contributed by atoms with van der Waals surface area (Å²) in [5, 5.41) is 12.3. The Balaban J connectivity index is 1.91. The standard InChI is InChI=1S/C20H23N5O2S/c1-4-14(2)22-18(26)13-28-20-24-23-19(15-9-11-21-12-10-15)25(20)16-5-7-17(27-3)8-6-16/h5-12,14H,4,13H2,1-3H3,(H,22,26)/t14-/m0/s1. The minimum absolute atomic E-state index is 0.0194. The molecule has 0 aliphatic rings. The topological polar surface area (TPSA) is 81.9 Å². The van der Waals surface area contributed by atoms with Crippen LogP contribution in [-0.2, 0) is 4.79 Å². The summed E-state index contributed by atoms with van der Waals surface area (Å²) >= 11 is 1.36. The number of carbonyl (C=O) groups is 1. The zero-order valence-corrected chi connectivity index (χ0v) is 16.9. The quantitative estimate of drug-likeness (QED) is 0.587. The monoisotopic (exact) mass is 397 g/mol. The second kappa shape index (κ2) is 9.36. The molecule has 0 spiro atoms. The van der Waals surface area contributed by atoms with Crippen LogP contribution in [-0.4, -0.2) is 44.6 Å². The molecular weight excluding hydrogens is 374 g/mol. The first-order valence-corrected chi connectivity index (χ1v) is 10.0. The third kappa shape index (κ3) is 4.69. The van der Waals surface area contributed by atoms with Crippen molar-refractivity contribution in [3.05, 3.63) is 48.8 Å². The number of benzene rings is 1. The average molecular weight is 398 g/mol. The largest absolute Gasteiger partial charge is 0.497 e. The first kappa shape index (κ1) is 19.9. The highest BCUT2D eigenvalue weighted by Gasteiger charge is 2.17. The second-order valence-electron chi connectivity index (χ2n) is 6.24. The van der Waals surface area contributed by atoms with Gasteiger partial charge in [-0.15, -0.1) is 10.2 Å². The molecule has 1 N–H and O–H groups in total. The lowest BCUT2D eigenvalue weighted by atomic mass is 10.2. The summed E-state index contributed by atoms with van der Waals surface area (Å²) in [6.45, 7) is 4.03. The van der Waals surface area contributed by atoms with Gasteiger partial charge >= 0.3 is 0 Å². The van der Waals surface area contributed by atoms with Crippen LogP contribution in [0.4, 0.5) is 0 Å². The molecule has 0 unspecified atom stereocenters. The first-order chi connectivity index (χ1) is 13.6. The summed E-state index contributed by atoms with van der Waals surface area (Å²) in [4.78, 5) is 16.2. The van der Waals surface area contributed by atoms with E-state index in [0.29, 0.717) is 11.0 Å². The zero-order chi connectivity index (χ0) is 19.9. The van der Waals surface area contributed by atoms with Crippen LogP contribution in [0, 0.1) is 0 Å². The number of rotatable bonds is 8. The van der Waals surface area contributed by atoms with Crippen LogP contribution in [0.3, 0.4) is 0 Å². The van der Waals surface area contributed by atoms with Gasteiger partial charge in [0.15, 0.2) is 11.0 Å². The third-order valence-electron chi connectivity index (χ3n) is 4.25. The Labute approximate surface area is 168 Å². The lowest BCUT2D eigenvalue weighted by molar-refractivity contribution is -0.119. The van der Waals surface area contributed by atoms with Gasteiger partial charge in [-0.2, -0.15) is 0 Å². The van der Waals surface area contributed by atoms with Crippen LogP contribution in [0.2, 0.25) is 0 Å². The smallest absolute Gasteiger partial charge is 0.230 e. The van der Waals surface area contributed by atoms with Gasteiger partial charge in [-0.3, -0.25) is 14.3 Å². The minimum Gasteiger partial charge on any atom is -0.497 e. The third-order valence-corrected chi connectivity index (χ3v) is 5.18. The number of nitrogens with one attached hydrogen (secondary N) is 1. The average Bonchev–Trinajstić information content (AvgIpc) is 3.16. The van der Waals surface area contributed by atoms with E-state index in [1.54, 1.807) is 19.5 Å². The van der Waals surface area contributed by atoms with Gasteiger partial charge < -0.3 is 10.1 Å². The van der Waals surface area contributed by atoms with Crippen molar-refractivity contribution < 1.29 is 9.53 Å². The van der Waals surface area contributed by atoms with Crippen LogP contribution in [0.5, 0.6) is 5.75 Å². The molecule has 146 valence electrons. The van der Waals surface area contributed by atoms with E-state index < -0.39 is 0 Å². The van der Waals surface area contributed by atoms with Gasteiger partial charge in [-0.05, 0) is 49.7 Å². The Morgan fingerprint density at radius 3 is 2.54 bits per heavy atom. The maximum absolute atomic E-state index is 12.2. The van der Waals surface area contributed by atoms with Crippen molar-refractivity contribution >= 4 is 17.7 Å². The molecule has 2 heterocycles. The number of thioether (sulfide) groups is 1. The van der Waals surface area contributed by atoms with Crippen LogP contribution < -0.4 is 10.1 Å². The van der Waals surface area contributed by atoms with E-state index in [-0.39, 0.29) is 17.7 Å². The number of aromatic nitrogens is 4. The summed E-state index contributed by atoms with van der Waals surface area (Å²) in [6.07, 6.45) is 4.33. The summed E-state index contributed by atoms with van der Waals surface area (Å²) in [5.74, 6) is 1.71. The molecule has 7 nitrogen and oxygen atoms in total. The number of methoxy groups -OCH3 is 1. The number of ether oxygens (including phenoxy) is 1. The van der Waals surface area contributed by atoms with Crippen LogP contribution in [0.15, 0.2) is 53.9 Å². The number of pyridine rings is 1. The molecule has 0 radical (unpaired) electrons. The van der Waals surface area contributed by atoms with Gasteiger partial charge in [-0.25, -0.2) is 0 Å². The molecule has 0 bridgehead atoms. The Kier molecular flexibility index (Phi) is 6.65. The van der Waals surface area contributed by atoms with E-state index in [0.717, 1.165) is 23.4 Å². The predicted octanol–water partition coefficient (Wildman–Crippen LogP) is 3.34. The van der Waals surface area contributed by atoms with Gasteiger partial charge in [0.05, 0.1) is 12.9 Å². The highest BCUT2D eigenvalue weighted by molar-refractivity contribution is 7.99. The maximum atomic E-state index is 12.2. The van der Waals surface area contributed by atoms with Gasteiger partial charge in [0.1, 0.15) is 5.75 Å². The number of hydrogen-bond acceptors (Lipinski definition) is 6.